The van der Waals surface area contributed by atoms with Crippen molar-refractivity contribution < 1.29 is 4.79 Å². The average molecular weight is 392 g/mol. The second-order valence-corrected chi connectivity index (χ2v) is 5.77. The molecule has 1 aromatic carbocycles. The van der Waals surface area contributed by atoms with E-state index in [4.69, 9.17) is 0 Å². The molecule has 3 rings (SSSR count). The molecule has 1 aliphatic heterocycles. The average Bonchev–Trinajstić information content (AvgIpc) is 2.65. The summed E-state index contributed by atoms with van der Waals surface area (Å²) in [7, 11) is 0. The van der Waals surface area contributed by atoms with Gasteiger partial charge in [0.1, 0.15) is 5.69 Å². The first-order chi connectivity index (χ1) is 10.2. The monoisotopic (exact) mass is 392 g/mol. The molecule has 0 fully saturated rings. The van der Waals surface area contributed by atoms with Crippen molar-refractivity contribution in [1.29, 1.82) is 0 Å². The number of anilines is 2. The predicted octanol–water partition coefficient (Wildman–Crippen LogP) is 2.99. The smallest absolute Gasteiger partial charge is 0.228 e. The molecular weight excluding hydrogens is 379 g/mol. The highest BCUT2D eigenvalue weighted by molar-refractivity contribution is 14.1. The minimum atomic E-state index is -0.0460. The predicted molar refractivity (Wildman–Crippen MR) is 91.4 cm³/mol. The van der Waals surface area contributed by atoms with Crippen LogP contribution >= 0.6 is 22.6 Å². The van der Waals surface area contributed by atoms with Gasteiger partial charge in [-0.2, -0.15) is 0 Å². The van der Waals surface area contributed by atoms with Crippen LogP contribution in [0.3, 0.4) is 0 Å². The van der Waals surface area contributed by atoms with Gasteiger partial charge in [-0.3, -0.25) is 15.2 Å². The van der Waals surface area contributed by atoms with E-state index in [1.54, 1.807) is 12.3 Å². The van der Waals surface area contributed by atoms with Gasteiger partial charge < -0.3 is 10.7 Å². The Hall–Kier alpha value is -2.09. The van der Waals surface area contributed by atoms with Gasteiger partial charge >= 0.3 is 0 Å². The van der Waals surface area contributed by atoms with E-state index in [0.717, 1.165) is 17.1 Å². The number of hydrazine groups is 1. The molecule has 1 aliphatic rings. The number of rotatable bonds is 3. The maximum atomic E-state index is 11.7. The van der Waals surface area contributed by atoms with Crippen LogP contribution in [0.25, 0.3) is 5.70 Å². The minimum absolute atomic E-state index is 0.0460. The topological polar surface area (TPSA) is 66.0 Å². The Morgan fingerprint density at radius 3 is 2.76 bits per heavy atom. The SMILES string of the molecule is O=C1CC=C(NNc2ccc(I)cc2)c2ncccc2N1. The van der Waals surface area contributed by atoms with Crippen LogP contribution < -0.4 is 16.2 Å². The third-order valence-electron chi connectivity index (χ3n) is 3.01. The summed E-state index contributed by atoms with van der Waals surface area (Å²) < 4.78 is 1.17. The molecule has 0 saturated heterocycles. The van der Waals surface area contributed by atoms with Crippen LogP contribution in [0.1, 0.15) is 12.1 Å². The normalized spacial score (nSPS) is 13.6. The van der Waals surface area contributed by atoms with Gasteiger partial charge in [-0.15, -0.1) is 0 Å². The molecule has 0 saturated carbocycles. The van der Waals surface area contributed by atoms with E-state index in [1.165, 1.54) is 3.57 Å². The van der Waals surface area contributed by atoms with Crippen molar-refractivity contribution in [3.8, 4) is 0 Å². The fourth-order valence-corrected chi connectivity index (χ4v) is 2.36. The molecular formula is C15H13IN4O. The minimum Gasteiger partial charge on any atom is -0.324 e. The molecule has 6 heteroatoms. The quantitative estimate of drug-likeness (QED) is 0.555. The summed E-state index contributed by atoms with van der Waals surface area (Å²) in [5.74, 6) is -0.0460. The van der Waals surface area contributed by atoms with Gasteiger partial charge in [0.15, 0.2) is 0 Å². The van der Waals surface area contributed by atoms with Crippen molar-refractivity contribution in [1.82, 2.24) is 10.4 Å². The molecule has 0 bridgehead atoms. The molecule has 5 nitrogen and oxygen atoms in total. The zero-order valence-corrected chi connectivity index (χ0v) is 13.2. The van der Waals surface area contributed by atoms with Crippen LogP contribution in [-0.4, -0.2) is 10.9 Å². The van der Waals surface area contributed by atoms with Gasteiger partial charge in [-0.1, -0.05) is 0 Å². The Morgan fingerprint density at radius 2 is 1.95 bits per heavy atom. The summed E-state index contributed by atoms with van der Waals surface area (Å²) in [6, 6.07) is 11.6. The van der Waals surface area contributed by atoms with Gasteiger partial charge in [0.2, 0.25) is 5.91 Å². The molecule has 2 aromatic rings. The highest BCUT2D eigenvalue weighted by Gasteiger charge is 2.15. The van der Waals surface area contributed by atoms with E-state index in [1.807, 2.05) is 36.4 Å². The maximum absolute atomic E-state index is 11.7. The molecule has 0 unspecified atom stereocenters. The Kier molecular flexibility index (Phi) is 4.05. The molecule has 0 atom stereocenters. The molecule has 0 radical (unpaired) electrons. The number of benzene rings is 1. The van der Waals surface area contributed by atoms with E-state index in [9.17, 15) is 4.79 Å². The third kappa shape index (κ3) is 3.33. The van der Waals surface area contributed by atoms with Crippen LogP contribution in [0.15, 0.2) is 48.7 Å². The lowest BCUT2D eigenvalue weighted by Crippen LogP contribution is -2.20. The van der Waals surface area contributed by atoms with Crippen LogP contribution in [0.4, 0.5) is 11.4 Å². The summed E-state index contributed by atoms with van der Waals surface area (Å²) in [6.45, 7) is 0. The number of aromatic nitrogens is 1. The Labute approximate surface area is 136 Å². The molecule has 0 aliphatic carbocycles. The second kappa shape index (κ2) is 6.13. The number of pyridine rings is 1. The lowest BCUT2D eigenvalue weighted by atomic mass is 10.2. The van der Waals surface area contributed by atoms with Gasteiger partial charge in [0, 0.05) is 16.2 Å². The van der Waals surface area contributed by atoms with Gasteiger partial charge in [-0.05, 0) is 65.1 Å². The molecule has 106 valence electrons. The van der Waals surface area contributed by atoms with Gasteiger partial charge in [0.05, 0.1) is 17.1 Å². The van der Waals surface area contributed by atoms with Crippen molar-refractivity contribution in [2.24, 2.45) is 0 Å². The molecule has 0 spiro atoms. The lowest BCUT2D eigenvalue weighted by Gasteiger charge is -2.14. The van der Waals surface area contributed by atoms with Crippen molar-refractivity contribution in [2.45, 2.75) is 6.42 Å². The largest absolute Gasteiger partial charge is 0.324 e. The Bertz CT molecular complexity index is 697. The highest BCUT2D eigenvalue weighted by Crippen LogP contribution is 2.23. The number of hydrogen-bond donors (Lipinski definition) is 3. The Balaban J connectivity index is 1.81. The van der Waals surface area contributed by atoms with Crippen molar-refractivity contribution >= 4 is 45.6 Å². The molecule has 21 heavy (non-hydrogen) atoms. The number of amides is 1. The molecule has 2 heterocycles. The zero-order valence-electron chi connectivity index (χ0n) is 11.1. The lowest BCUT2D eigenvalue weighted by molar-refractivity contribution is -0.115. The molecule has 1 amide bonds. The number of nitrogens with zero attached hydrogens (tertiary/aromatic N) is 1. The zero-order chi connectivity index (χ0) is 14.7. The number of halogens is 1. The van der Waals surface area contributed by atoms with E-state index >= 15 is 0 Å². The van der Waals surface area contributed by atoms with Crippen molar-refractivity contribution in [3.63, 3.8) is 0 Å². The fourth-order valence-electron chi connectivity index (χ4n) is 2.00. The number of fused-ring (bicyclic) bond motifs is 1. The van der Waals surface area contributed by atoms with Crippen LogP contribution in [0.2, 0.25) is 0 Å². The standard InChI is InChI=1S/C15H13IN4O/c16-10-3-5-11(6-4-10)19-20-13-7-8-14(21)18-12-2-1-9-17-15(12)13/h1-7,9,19-20H,8H2,(H,18,21). The van der Waals surface area contributed by atoms with Crippen LogP contribution in [0.5, 0.6) is 0 Å². The number of carbonyl (C=O) groups is 1. The first-order valence-electron chi connectivity index (χ1n) is 6.45. The van der Waals surface area contributed by atoms with Gasteiger partial charge in [-0.25, -0.2) is 0 Å². The summed E-state index contributed by atoms with van der Waals surface area (Å²) >= 11 is 2.26. The third-order valence-corrected chi connectivity index (χ3v) is 3.73. The van der Waals surface area contributed by atoms with Crippen molar-refractivity contribution in [2.75, 3.05) is 10.7 Å². The van der Waals surface area contributed by atoms with E-state index in [2.05, 4.69) is 43.7 Å². The maximum Gasteiger partial charge on any atom is 0.228 e. The first-order valence-corrected chi connectivity index (χ1v) is 7.53. The number of nitrogens with one attached hydrogen (secondary N) is 3. The van der Waals surface area contributed by atoms with Crippen LogP contribution in [-0.2, 0) is 4.79 Å². The highest BCUT2D eigenvalue weighted by atomic mass is 127. The summed E-state index contributed by atoms with van der Waals surface area (Å²) in [5, 5.41) is 2.84. The molecule has 1 aromatic heterocycles. The summed E-state index contributed by atoms with van der Waals surface area (Å²) in [5.41, 5.74) is 9.41. The Morgan fingerprint density at radius 1 is 1.14 bits per heavy atom. The van der Waals surface area contributed by atoms with Crippen molar-refractivity contribution in [3.05, 3.63) is 57.9 Å². The van der Waals surface area contributed by atoms with E-state index in [-0.39, 0.29) is 5.91 Å². The number of hydrogen-bond acceptors (Lipinski definition) is 4. The summed E-state index contributed by atoms with van der Waals surface area (Å²) in [4.78, 5) is 16.0. The van der Waals surface area contributed by atoms with E-state index < -0.39 is 0 Å². The van der Waals surface area contributed by atoms with Crippen LogP contribution in [0, 0.1) is 3.57 Å². The first kappa shape index (κ1) is 13.9. The summed E-state index contributed by atoms with van der Waals surface area (Å²) in [6.07, 6.45) is 3.84. The second-order valence-electron chi connectivity index (χ2n) is 4.53. The van der Waals surface area contributed by atoms with Gasteiger partial charge in [0.25, 0.3) is 0 Å². The van der Waals surface area contributed by atoms with E-state index in [0.29, 0.717) is 12.1 Å². The molecule has 3 N–H and O–H groups in total. The number of carbonyl (C=O) groups excluding carboxylic acids is 1. The fraction of sp³-hybridized carbons (Fsp3) is 0.0667.